The van der Waals surface area contributed by atoms with Crippen LogP contribution in [0.15, 0.2) is 6.20 Å². The maximum absolute atomic E-state index is 11.7. The Morgan fingerprint density at radius 2 is 2.11 bits per heavy atom. The van der Waals surface area contributed by atoms with Gasteiger partial charge >= 0.3 is 5.97 Å². The maximum atomic E-state index is 11.7. The van der Waals surface area contributed by atoms with Crippen molar-refractivity contribution in [2.75, 3.05) is 7.05 Å². The van der Waals surface area contributed by atoms with E-state index < -0.39 is 5.97 Å². The molecule has 0 aliphatic rings. The van der Waals surface area contributed by atoms with Gasteiger partial charge in [-0.15, -0.1) is 0 Å². The predicted octanol–water partition coefficient (Wildman–Crippen LogP) is 1.03. The highest BCUT2D eigenvalue weighted by molar-refractivity contribution is 5.80. The van der Waals surface area contributed by atoms with E-state index in [2.05, 4.69) is 5.10 Å². The summed E-state index contributed by atoms with van der Waals surface area (Å²) in [5.41, 5.74) is 1.89. The van der Waals surface area contributed by atoms with Gasteiger partial charge in [0.1, 0.15) is 0 Å². The zero-order valence-corrected chi connectivity index (χ0v) is 11.0. The van der Waals surface area contributed by atoms with E-state index in [0.717, 1.165) is 17.8 Å². The first-order chi connectivity index (χ1) is 8.43. The molecular weight excluding hydrogens is 234 g/mol. The van der Waals surface area contributed by atoms with Crippen molar-refractivity contribution in [1.29, 1.82) is 0 Å². The number of amides is 1. The topological polar surface area (TPSA) is 75.4 Å². The molecule has 6 heteroatoms. The van der Waals surface area contributed by atoms with Crippen molar-refractivity contribution in [2.24, 2.45) is 0 Å². The second kappa shape index (κ2) is 6.18. The van der Waals surface area contributed by atoms with Crippen LogP contribution in [0.1, 0.15) is 31.0 Å². The molecule has 6 nitrogen and oxygen atoms in total. The smallest absolute Gasteiger partial charge is 0.303 e. The van der Waals surface area contributed by atoms with Gasteiger partial charge in [-0.05, 0) is 13.8 Å². The molecule has 1 amide bonds. The number of carboxylic acid groups (broad SMARTS) is 1. The van der Waals surface area contributed by atoms with Gasteiger partial charge in [0.15, 0.2) is 0 Å². The molecule has 0 saturated heterocycles. The van der Waals surface area contributed by atoms with Crippen molar-refractivity contribution in [3.8, 4) is 0 Å². The van der Waals surface area contributed by atoms with Crippen molar-refractivity contribution in [1.82, 2.24) is 14.7 Å². The summed E-state index contributed by atoms with van der Waals surface area (Å²) in [7, 11) is 1.67. The number of aryl methyl sites for hydroxylation is 2. The van der Waals surface area contributed by atoms with Crippen LogP contribution in [0.5, 0.6) is 0 Å². The van der Waals surface area contributed by atoms with Crippen molar-refractivity contribution in [3.63, 3.8) is 0 Å². The summed E-state index contributed by atoms with van der Waals surface area (Å²) in [6.07, 6.45) is 1.82. The first kappa shape index (κ1) is 14.2. The zero-order chi connectivity index (χ0) is 13.7. The van der Waals surface area contributed by atoms with Crippen molar-refractivity contribution >= 4 is 11.9 Å². The molecule has 1 N–H and O–H groups in total. The Morgan fingerprint density at radius 1 is 1.44 bits per heavy atom. The van der Waals surface area contributed by atoms with Gasteiger partial charge in [-0.1, -0.05) is 0 Å². The summed E-state index contributed by atoms with van der Waals surface area (Å²) >= 11 is 0. The van der Waals surface area contributed by atoms with Gasteiger partial charge < -0.3 is 10.0 Å². The molecule has 18 heavy (non-hydrogen) atoms. The summed E-state index contributed by atoms with van der Waals surface area (Å²) in [6, 6.07) is 0. The number of hydrogen-bond acceptors (Lipinski definition) is 3. The molecule has 1 aromatic heterocycles. The molecule has 1 rings (SSSR count). The van der Waals surface area contributed by atoms with E-state index in [4.69, 9.17) is 5.11 Å². The number of aromatic nitrogens is 2. The second-order valence-corrected chi connectivity index (χ2v) is 4.24. The number of carbonyl (C=O) groups is 2. The standard InChI is InChI=1S/C12H19N3O3/c1-4-15-8-10(9(2)13-15)7-14(3)11(16)5-6-12(17)18/h8H,4-7H2,1-3H3,(H,17,18). The van der Waals surface area contributed by atoms with Crippen LogP contribution in [0.25, 0.3) is 0 Å². The number of carbonyl (C=O) groups excluding carboxylic acids is 1. The minimum atomic E-state index is -0.952. The fraction of sp³-hybridized carbons (Fsp3) is 0.583. The van der Waals surface area contributed by atoms with E-state index in [1.54, 1.807) is 7.05 Å². The minimum absolute atomic E-state index is 0.0345. The first-order valence-electron chi connectivity index (χ1n) is 5.92. The van der Waals surface area contributed by atoms with Crippen LogP contribution in [0.2, 0.25) is 0 Å². The van der Waals surface area contributed by atoms with E-state index in [1.807, 2.05) is 24.7 Å². The lowest BCUT2D eigenvalue weighted by molar-refractivity contribution is -0.140. The number of carboxylic acids is 1. The van der Waals surface area contributed by atoms with Gasteiger partial charge in [-0.25, -0.2) is 0 Å². The first-order valence-corrected chi connectivity index (χ1v) is 5.92. The summed E-state index contributed by atoms with van der Waals surface area (Å²) in [4.78, 5) is 23.6. The Morgan fingerprint density at radius 3 is 2.61 bits per heavy atom. The Hall–Kier alpha value is -1.85. The van der Waals surface area contributed by atoms with Gasteiger partial charge in [-0.3, -0.25) is 14.3 Å². The van der Waals surface area contributed by atoms with Gasteiger partial charge in [0.25, 0.3) is 0 Å². The quantitative estimate of drug-likeness (QED) is 0.821. The highest BCUT2D eigenvalue weighted by atomic mass is 16.4. The fourth-order valence-corrected chi connectivity index (χ4v) is 1.62. The lowest BCUT2D eigenvalue weighted by Crippen LogP contribution is -2.26. The van der Waals surface area contributed by atoms with Crippen molar-refractivity contribution < 1.29 is 14.7 Å². The number of aliphatic carboxylic acids is 1. The molecule has 0 radical (unpaired) electrons. The third kappa shape index (κ3) is 3.87. The molecule has 100 valence electrons. The third-order valence-electron chi connectivity index (χ3n) is 2.76. The highest BCUT2D eigenvalue weighted by Gasteiger charge is 2.13. The Labute approximate surface area is 106 Å². The number of rotatable bonds is 6. The minimum Gasteiger partial charge on any atom is -0.481 e. The Balaban J connectivity index is 2.57. The molecule has 0 fully saturated rings. The fourth-order valence-electron chi connectivity index (χ4n) is 1.62. The second-order valence-electron chi connectivity index (χ2n) is 4.24. The lowest BCUT2D eigenvalue weighted by atomic mass is 10.2. The summed E-state index contributed by atoms with van der Waals surface area (Å²) < 4.78 is 1.82. The molecule has 1 aromatic rings. The lowest BCUT2D eigenvalue weighted by Gasteiger charge is -2.16. The SMILES string of the molecule is CCn1cc(CN(C)C(=O)CCC(=O)O)c(C)n1. The van der Waals surface area contributed by atoms with Crippen molar-refractivity contribution in [2.45, 2.75) is 39.8 Å². The average Bonchev–Trinajstić information content (AvgIpc) is 2.67. The van der Waals surface area contributed by atoms with E-state index in [0.29, 0.717) is 6.54 Å². The van der Waals surface area contributed by atoms with Crippen LogP contribution in [-0.2, 0) is 22.7 Å². The van der Waals surface area contributed by atoms with Gasteiger partial charge in [0.05, 0.1) is 12.1 Å². The van der Waals surface area contributed by atoms with Crippen LogP contribution >= 0.6 is 0 Å². The van der Waals surface area contributed by atoms with E-state index in [9.17, 15) is 9.59 Å². The molecule has 0 unspecified atom stereocenters. The van der Waals surface area contributed by atoms with Crippen LogP contribution in [0.4, 0.5) is 0 Å². The maximum Gasteiger partial charge on any atom is 0.303 e. The third-order valence-corrected chi connectivity index (χ3v) is 2.76. The van der Waals surface area contributed by atoms with E-state index in [-0.39, 0.29) is 18.7 Å². The Bertz CT molecular complexity index is 440. The molecule has 0 saturated carbocycles. The number of hydrogen-bond donors (Lipinski definition) is 1. The van der Waals surface area contributed by atoms with Crippen LogP contribution in [0, 0.1) is 6.92 Å². The van der Waals surface area contributed by atoms with Crippen LogP contribution < -0.4 is 0 Å². The van der Waals surface area contributed by atoms with E-state index in [1.165, 1.54) is 4.90 Å². The monoisotopic (exact) mass is 253 g/mol. The summed E-state index contributed by atoms with van der Waals surface area (Å²) in [6.45, 7) is 5.15. The molecule has 0 atom stereocenters. The molecule has 0 spiro atoms. The molecular formula is C12H19N3O3. The van der Waals surface area contributed by atoms with Gasteiger partial charge in [0.2, 0.25) is 5.91 Å². The molecule has 0 aliphatic carbocycles. The van der Waals surface area contributed by atoms with Gasteiger partial charge in [0, 0.05) is 38.3 Å². The zero-order valence-electron chi connectivity index (χ0n) is 11.0. The highest BCUT2D eigenvalue weighted by Crippen LogP contribution is 2.09. The normalized spacial score (nSPS) is 10.4. The van der Waals surface area contributed by atoms with Crippen molar-refractivity contribution in [3.05, 3.63) is 17.5 Å². The predicted molar refractivity (Wildman–Crippen MR) is 66.0 cm³/mol. The molecule has 0 aromatic carbocycles. The molecule has 0 aliphatic heterocycles. The van der Waals surface area contributed by atoms with Crippen LogP contribution in [0.3, 0.4) is 0 Å². The Kier molecular flexibility index (Phi) is 4.88. The summed E-state index contributed by atoms with van der Waals surface area (Å²) in [5, 5.41) is 12.8. The summed E-state index contributed by atoms with van der Waals surface area (Å²) in [5.74, 6) is -1.12. The average molecular weight is 253 g/mol. The largest absolute Gasteiger partial charge is 0.481 e. The van der Waals surface area contributed by atoms with Crippen LogP contribution in [-0.4, -0.2) is 38.7 Å². The number of nitrogens with zero attached hydrogens (tertiary/aromatic N) is 3. The molecule has 1 heterocycles. The van der Waals surface area contributed by atoms with E-state index >= 15 is 0 Å². The van der Waals surface area contributed by atoms with Gasteiger partial charge in [-0.2, -0.15) is 5.10 Å². The molecule has 0 bridgehead atoms.